The van der Waals surface area contributed by atoms with Gasteiger partial charge in [0.1, 0.15) is 5.75 Å². The Bertz CT molecular complexity index is 1400. The number of ether oxygens (including phenoxy) is 1. The minimum atomic E-state index is -3.55. The SMILES string of the molecule is N#CC1c2ccc(Oc3ncccn3)cc2N(C2CCC2)C1c1ccc(S(=O)(=O)NC2CCC2)cc1. The number of nitriles is 1. The standard InChI is InChI=1S/C27H27N5O3S/c28-17-24-23-13-10-21(35-27-29-14-3-15-30-27)16-25(23)32(20-6-2-7-20)26(24)18-8-11-22(12-9-18)36(33,34)31-19-4-1-5-19/h3,8-16,19-20,24,26,31H,1-2,4-7H2. The van der Waals surface area contributed by atoms with Crippen molar-refractivity contribution in [1.82, 2.24) is 14.7 Å². The molecule has 0 saturated heterocycles. The number of sulfonamides is 1. The van der Waals surface area contributed by atoms with Crippen molar-refractivity contribution in [2.24, 2.45) is 0 Å². The van der Waals surface area contributed by atoms with Crippen LogP contribution in [0.5, 0.6) is 11.8 Å². The van der Waals surface area contributed by atoms with Crippen LogP contribution in [0.4, 0.5) is 5.69 Å². The highest BCUT2D eigenvalue weighted by molar-refractivity contribution is 7.89. The maximum absolute atomic E-state index is 12.8. The zero-order chi connectivity index (χ0) is 24.7. The van der Waals surface area contributed by atoms with Crippen molar-refractivity contribution in [2.75, 3.05) is 4.90 Å². The monoisotopic (exact) mass is 501 g/mol. The topological polar surface area (TPSA) is 108 Å². The van der Waals surface area contributed by atoms with Gasteiger partial charge in [-0.15, -0.1) is 0 Å². The summed E-state index contributed by atoms with van der Waals surface area (Å²) in [6.45, 7) is 0. The highest BCUT2D eigenvalue weighted by atomic mass is 32.2. The molecule has 0 radical (unpaired) electrons. The fourth-order valence-corrected chi connectivity index (χ4v) is 6.54. The molecule has 0 spiro atoms. The van der Waals surface area contributed by atoms with E-state index < -0.39 is 10.0 Å². The first-order valence-electron chi connectivity index (χ1n) is 12.4. The van der Waals surface area contributed by atoms with E-state index in [1.165, 1.54) is 0 Å². The maximum Gasteiger partial charge on any atom is 0.321 e. The molecule has 0 bridgehead atoms. The van der Waals surface area contributed by atoms with E-state index in [4.69, 9.17) is 4.74 Å². The molecule has 1 aromatic heterocycles. The molecule has 2 heterocycles. The fourth-order valence-electron chi connectivity index (χ4n) is 5.24. The number of aromatic nitrogens is 2. The molecule has 36 heavy (non-hydrogen) atoms. The third-order valence-electron chi connectivity index (χ3n) is 7.55. The van der Waals surface area contributed by atoms with Gasteiger partial charge in [0.15, 0.2) is 0 Å². The van der Waals surface area contributed by atoms with E-state index in [0.717, 1.165) is 55.3 Å². The number of hydrogen-bond donors (Lipinski definition) is 1. The second-order valence-corrected chi connectivity index (χ2v) is 11.4. The maximum atomic E-state index is 12.8. The summed E-state index contributed by atoms with van der Waals surface area (Å²) in [4.78, 5) is 10.9. The van der Waals surface area contributed by atoms with Crippen molar-refractivity contribution in [3.63, 3.8) is 0 Å². The van der Waals surface area contributed by atoms with E-state index in [0.29, 0.717) is 11.8 Å². The van der Waals surface area contributed by atoms with Crippen LogP contribution >= 0.6 is 0 Å². The van der Waals surface area contributed by atoms with Gasteiger partial charge in [0, 0.05) is 36.2 Å². The smallest absolute Gasteiger partial charge is 0.321 e. The first-order valence-corrected chi connectivity index (χ1v) is 13.9. The van der Waals surface area contributed by atoms with Gasteiger partial charge in [-0.25, -0.2) is 23.1 Å². The Labute approximate surface area is 211 Å². The molecular formula is C27H27N5O3S. The lowest BCUT2D eigenvalue weighted by atomic mass is 9.87. The molecule has 1 N–H and O–H groups in total. The Kier molecular flexibility index (Phi) is 5.86. The summed E-state index contributed by atoms with van der Waals surface area (Å²) >= 11 is 0. The number of benzene rings is 2. The second-order valence-electron chi connectivity index (χ2n) is 9.72. The Morgan fingerprint density at radius 3 is 2.33 bits per heavy atom. The van der Waals surface area contributed by atoms with Gasteiger partial charge in [0.25, 0.3) is 0 Å². The summed E-state index contributed by atoms with van der Waals surface area (Å²) in [6, 6.07) is 17.5. The van der Waals surface area contributed by atoms with Gasteiger partial charge in [0.05, 0.1) is 22.9 Å². The van der Waals surface area contributed by atoms with E-state index in [2.05, 4.69) is 25.7 Å². The van der Waals surface area contributed by atoms with Crippen molar-refractivity contribution < 1.29 is 13.2 Å². The Hall–Kier alpha value is -3.48. The van der Waals surface area contributed by atoms with Crippen LogP contribution < -0.4 is 14.4 Å². The lowest BCUT2D eigenvalue weighted by molar-refractivity contribution is 0.362. The van der Waals surface area contributed by atoms with Crippen molar-refractivity contribution in [3.8, 4) is 17.8 Å². The van der Waals surface area contributed by atoms with E-state index in [1.54, 1.807) is 30.6 Å². The first-order chi connectivity index (χ1) is 17.5. The van der Waals surface area contributed by atoms with Crippen molar-refractivity contribution in [3.05, 3.63) is 72.1 Å². The summed E-state index contributed by atoms with van der Waals surface area (Å²) in [6.07, 6.45) is 9.36. The average Bonchev–Trinajstić information content (AvgIpc) is 3.14. The minimum absolute atomic E-state index is 0.0359. The molecule has 2 saturated carbocycles. The molecule has 3 aliphatic rings. The first kappa shape index (κ1) is 23.0. The van der Waals surface area contributed by atoms with Gasteiger partial charge in [-0.05, 0) is 67.5 Å². The quantitative estimate of drug-likeness (QED) is 0.494. The number of anilines is 1. The predicted octanol–water partition coefficient (Wildman–Crippen LogP) is 4.82. The molecule has 0 amide bonds. The van der Waals surface area contributed by atoms with Gasteiger partial charge >= 0.3 is 6.01 Å². The summed E-state index contributed by atoms with van der Waals surface area (Å²) in [5.41, 5.74) is 2.87. The van der Waals surface area contributed by atoms with Gasteiger partial charge in [-0.3, -0.25) is 0 Å². The molecule has 2 atom stereocenters. The zero-order valence-corrected chi connectivity index (χ0v) is 20.6. The van der Waals surface area contributed by atoms with Crippen LogP contribution in [0, 0.1) is 11.3 Å². The molecule has 1 aliphatic heterocycles. The molecule has 9 heteroatoms. The number of fused-ring (bicyclic) bond motifs is 1. The van der Waals surface area contributed by atoms with Gasteiger partial charge in [-0.1, -0.05) is 24.6 Å². The Balaban J connectivity index is 1.33. The van der Waals surface area contributed by atoms with Gasteiger partial charge in [0.2, 0.25) is 10.0 Å². The molecular weight excluding hydrogens is 474 g/mol. The van der Waals surface area contributed by atoms with Crippen LogP contribution in [0.3, 0.4) is 0 Å². The average molecular weight is 502 g/mol. The van der Waals surface area contributed by atoms with Crippen LogP contribution in [-0.2, 0) is 10.0 Å². The molecule has 2 fully saturated rings. The summed E-state index contributed by atoms with van der Waals surface area (Å²) < 4.78 is 34.2. The van der Waals surface area contributed by atoms with Gasteiger partial charge in [-0.2, -0.15) is 5.26 Å². The summed E-state index contributed by atoms with van der Waals surface area (Å²) in [5, 5.41) is 10.2. The molecule has 6 rings (SSSR count). The number of hydrogen-bond acceptors (Lipinski definition) is 7. The van der Waals surface area contributed by atoms with E-state index in [-0.39, 0.29) is 28.9 Å². The van der Waals surface area contributed by atoms with Crippen LogP contribution in [0.15, 0.2) is 65.8 Å². The van der Waals surface area contributed by atoms with E-state index >= 15 is 0 Å². The van der Waals surface area contributed by atoms with Crippen LogP contribution in [-0.4, -0.2) is 30.5 Å². The largest absolute Gasteiger partial charge is 0.424 e. The number of rotatable bonds is 7. The van der Waals surface area contributed by atoms with Crippen LogP contribution in [0.25, 0.3) is 0 Å². The Morgan fingerprint density at radius 1 is 1.00 bits per heavy atom. The molecule has 8 nitrogen and oxygen atoms in total. The highest BCUT2D eigenvalue weighted by Crippen LogP contribution is 2.53. The lowest BCUT2D eigenvalue weighted by Crippen LogP contribution is -2.41. The fraction of sp³-hybridized carbons (Fsp3) is 0.370. The molecule has 3 aromatic rings. The summed E-state index contributed by atoms with van der Waals surface area (Å²) in [5.74, 6) is 0.239. The van der Waals surface area contributed by atoms with Crippen molar-refractivity contribution in [1.29, 1.82) is 5.26 Å². The third kappa shape index (κ3) is 4.10. The van der Waals surface area contributed by atoms with Crippen molar-refractivity contribution in [2.45, 2.75) is 67.5 Å². The molecule has 2 aliphatic carbocycles. The second kappa shape index (κ2) is 9.19. The molecule has 2 unspecified atom stereocenters. The van der Waals surface area contributed by atoms with Crippen molar-refractivity contribution >= 4 is 15.7 Å². The minimum Gasteiger partial charge on any atom is -0.424 e. The van der Waals surface area contributed by atoms with Crippen LogP contribution in [0.1, 0.15) is 61.6 Å². The van der Waals surface area contributed by atoms with Crippen LogP contribution in [0.2, 0.25) is 0 Å². The zero-order valence-electron chi connectivity index (χ0n) is 19.7. The molecule has 184 valence electrons. The van der Waals surface area contributed by atoms with Gasteiger partial charge < -0.3 is 9.64 Å². The molecule has 2 aromatic carbocycles. The number of nitrogens with one attached hydrogen (secondary N) is 1. The lowest BCUT2D eigenvalue weighted by Gasteiger charge is -2.41. The Morgan fingerprint density at radius 2 is 1.72 bits per heavy atom. The summed E-state index contributed by atoms with van der Waals surface area (Å²) in [7, 11) is -3.55. The normalized spacial score (nSPS) is 21.8. The van der Waals surface area contributed by atoms with E-state index in [9.17, 15) is 13.7 Å². The highest BCUT2D eigenvalue weighted by Gasteiger charge is 2.44. The predicted molar refractivity (Wildman–Crippen MR) is 134 cm³/mol. The van der Waals surface area contributed by atoms with E-state index in [1.807, 2.05) is 30.3 Å². The number of nitrogens with zero attached hydrogens (tertiary/aromatic N) is 4. The third-order valence-corrected chi connectivity index (χ3v) is 9.08.